The minimum atomic E-state index is -2.84. The highest BCUT2D eigenvalue weighted by molar-refractivity contribution is 6.05. The normalized spacial score (nSPS) is 16.7. The zero-order chi connectivity index (χ0) is 40.2. The van der Waals surface area contributed by atoms with Gasteiger partial charge in [-0.05, 0) is 84.6 Å². The van der Waals surface area contributed by atoms with E-state index < -0.39 is 19.1 Å². The lowest BCUT2D eigenvalue weighted by Crippen LogP contribution is -2.14. The molecule has 7 aromatic carbocycles. The maximum Gasteiger partial charge on any atom is 0.160 e. The van der Waals surface area contributed by atoms with Crippen molar-refractivity contribution in [1.82, 2.24) is 9.97 Å². The van der Waals surface area contributed by atoms with Crippen molar-refractivity contribution < 1.29 is 8.22 Å². The smallest absolute Gasteiger partial charge is 0.160 e. The number of fused-ring (bicyclic) bond motifs is 7. The van der Waals surface area contributed by atoms with Crippen LogP contribution in [0.15, 0.2) is 158 Å². The third kappa shape index (κ3) is 4.50. The molecule has 10 rings (SSSR count). The monoisotopic (exact) mass is 672 g/mol. The number of aromatic nitrogens is 2. The number of hydrogen-bond donors (Lipinski definition) is 0. The van der Waals surface area contributed by atoms with Gasteiger partial charge in [0.1, 0.15) is 0 Å². The Bertz CT molecular complexity index is 2950. The van der Waals surface area contributed by atoms with E-state index in [-0.39, 0.29) is 5.41 Å². The second-order valence-corrected chi connectivity index (χ2v) is 14.5. The van der Waals surface area contributed by atoms with Gasteiger partial charge < -0.3 is 0 Å². The van der Waals surface area contributed by atoms with Gasteiger partial charge in [-0.1, -0.05) is 167 Å². The molecule has 0 saturated carbocycles. The second kappa shape index (κ2) is 11.2. The van der Waals surface area contributed by atoms with Crippen LogP contribution >= 0.6 is 0 Å². The van der Waals surface area contributed by atoms with E-state index in [9.17, 15) is 0 Å². The molecule has 0 amide bonds. The largest absolute Gasteiger partial charge is 0.228 e. The summed E-state index contributed by atoms with van der Waals surface area (Å²) in [5.41, 5.74) is 10.6. The summed E-state index contributed by atoms with van der Waals surface area (Å²) >= 11 is 0. The number of nitrogens with zero attached hydrogens (tertiary/aromatic N) is 2. The van der Waals surface area contributed by atoms with E-state index in [0.29, 0.717) is 28.1 Å². The van der Waals surface area contributed by atoms with Crippen LogP contribution in [0.3, 0.4) is 0 Å². The quantitative estimate of drug-likeness (QED) is 0.186. The molecule has 2 nitrogen and oxygen atoms in total. The first-order valence-corrected chi connectivity index (χ1v) is 17.8. The standard InChI is InChI=1S/C50H38N2/c1-49(2)42-20-12-10-18-37(42)39-24-22-32(28-44(39)49)34-26-27-41(36-17-9-8-16-35(34)36)47-30-46(51-48(52-47)31-14-6-5-7-15-31)33-23-25-40-38-19-11-13-21-43(38)50(3,4)45(40)29-33/h5-30H,1-4H3/i1D3,2D3. The van der Waals surface area contributed by atoms with Crippen molar-refractivity contribution in [2.24, 2.45) is 0 Å². The van der Waals surface area contributed by atoms with Gasteiger partial charge in [0.2, 0.25) is 0 Å². The molecule has 0 aliphatic heterocycles. The molecule has 0 bridgehead atoms. The topological polar surface area (TPSA) is 25.8 Å². The van der Waals surface area contributed by atoms with Crippen molar-refractivity contribution in [3.8, 4) is 67.3 Å². The van der Waals surface area contributed by atoms with Crippen LogP contribution in [0.25, 0.3) is 78.1 Å². The van der Waals surface area contributed by atoms with Crippen molar-refractivity contribution in [2.45, 2.75) is 38.4 Å². The lowest BCUT2D eigenvalue weighted by atomic mass is 9.81. The Hall–Kier alpha value is -6.12. The van der Waals surface area contributed by atoms with E-state index in [2.05, 4.69) is 80.6 Å². The molecule has 0 N–H and O–H groups in total. The van der Waals surface area contributed by atoms with Crippen LogP contribution in [-0.4, -0.2) is 9.97 Å². The van der Waals surface area contributed by atoms with Gasteiger partial charge >= 0.3 is 0 Å². The van der Waals surface area contributed by atoms with E-state index >= 15 is 0 Å². The van der Waals surface area contributed by atoms with Crippen LogP contribution in [0.2, 0.25) is 0 Å². The summed E-state index contributed by atoms with van der Waals surface area (Å²) < 4.78 is 52.4. The molecule has 2 aliphatic carbocycles. The molecule has 0 fully saturated rings. The first-order valence-electron chi connectivity index (χ1n) is 20.8. The number of hydrogen-bond acceptors (Lipinski definition) is 2. The van der Waals surface area contributed by atoms with Crippen LogP contribution in [0.1, 0.15) is 58.0 Å². The molecule has 52 heavy (non-hydrogen) atoms. The predicted octanol–water partition coefficient (Wildman–Crippen LogP) is 12.9. The van der Waals surface area contributed by atoms with E-state index in [1.807, 2.05) is 72.8 Å². The lowest BCUT2D eigenvalue weighted by molar-refractivity contribution is 0.660. The first-order chi connectivity index (χ1) is 27.8. The fourth-order valence-corrected chi connectivity index (χ4v) is 8.53. The van der Waals surface area contributed by atoms with Crippen molar-refractivity contribution in [2.75, 3.05) is 0 Å². The van der Waals surface area contributed by atoms with Gasteiger partial charge in [0.25, 0.3) is 0 Å². The average molecular weight is 673 g/mol. The summed E-state index contributed by atoms with van der Waals surface area (Å²) in [5.74, 6) is 0.619. The zero-order valence-electron chi connectivity index (χ0n) is 34.9. The van der Waals surface area contributed by atoms with Crippen LogP contribution in [0.4, 0.5) is 0 Å². The Morgan fingerprint density at radius 3 is 1.60 bits per heavy atom. The highest BCUT2D eigenvalue weighted by Crippen LogP contribution is 2.51. The Balaban J connectivity index is 1.15. The van der Waals surface area contributed by atoms with Crippen LogP contribution in [0, 0.1) is 0 Å². The maximum absolute atomic E-state index is 8.73. The maximum atomic E-state index is 8.73. The fraction of sp³-hybridized carbons (Fsp3) is 0.120. The summed E-state index contributed by atoms with van der Waals surface area (Å²) in [6, 6.07) is 52.2. The summed E-state index contributed by atoms with van der Waals surface area (Å²) in [5, 5.41) is 1.89. The summed E-state index contributed by atoms with van der Waals surface area (Å²) in [6.07, 6.45) is 0. The Kier molecular flexibility index (Phi) is 5.37. The van der Waals surface area contributed by atoms with Crippen LogP contribution < -0.4 is 0 Å². The molecule has 2 heteroatoms. The van der Waals surface area contributed by atoms with Gasteiger partial charge in [-0.2, -0.15) is 0 Å². The summed E-state index contributed by atoms with van der Waals surface area (Å²) in [4.78, 5) is 10.4. The molecular formula is C50H38N2. The Labute approximate surface area is 314 Å². The second-order valence-electron chi connectivity index (χ2n) is 14.5. The van der Waals surface area contributed by atoms with Gasteiger partial charge in [0.15, 0.2) is 5.82 Å². The highest BCUT2D eigenvalue weighted by Gasteiger charge is 2.36. The van der Waals surface area contributed by atoms with Gasteiger partial charge in [0.05, 0.1) is 11.4 Å². The molecular weight excluding hydrogens is 629 g/mol. The molecule has 0 unspecified atom stereocenters. The van der Waals surface area contributed by atoms with Crippen LogP contribution in [-0.2, 0) is 10.8 Å². The van der Waals surface area contributed by atoms with Gasteiger partial charge in [0, 0.05) is 35.7 Å². The molecule has 0 saturated heterocycles. The van der Waals surface area contributed by atoms with Crippen molar-refractivity contribution >= 4 is 10.8 Å². The lowest BCUT2D eigenvalue weighted by Gasteiger charge is -2.22. The molecule has 8 aromatic rings. The number of rotatable bonds is 4. The molecule has 0 atom stereocenters. The van der Waals surface area contributed by atoms with E-state index in [4.69, 9.17) is 18.2 Å². The van der Waals surface area contributed by atoms with Crippen molar-refractivity contribution in [3.63, 3.8) is 0 Å². The predicted molar refractivity (Wildman–Crippen MR) is 216 cm³/mol. The molecule has 1 aromatic heterocycles. The summed E-state index contributed by atoms with van der Waals surface area (Å²) in [7, 11) is 0. The SMILES string of the molecule is [2H]C([2H])([2H])C1(C([2H])([2H])[2H])c2ccccc2-c2ccc(-c3ccc(-c4cc(-c5ccc6c(c5)C(C)(C)c5ccccc5-6)nc(-c5ccccc5)n4)c4ccccc34)cc21. The van der Waals surface area contributed by atoms with Gasteiger partial charge in [-0.25, -0.2) is 9.97 Å². The molecule has 1 heterocycles. The third-order valence-electron chi connectivity index (χ3n) is 11.2. The van der Waals surface area contributed by atoms with Gasteiger partial charge in [-0.3, -0.25) is 0 Å². The van der Waals surface area contributed by atoms with E-state index in [1.165, 1.54) is 22.3 Å². The minimum absolute atomic E-state index is 0.168. The highest BCUT2D eigenvalue weighted by atomic mass is 14.9. The fourth-order valence-electron chi connectivity index (χ4n) is 8.53. The average Bonchev–Trinajstić information content (AvgIpc) is 3.66. The zero-order valence-corrected chi connectivity index (χ0v) is 28.9. The Morgan fingerprint density at radius 1 is 0.385 bits per heavy atom. The number of benzene rings is 7. The van der Waals surface area contributed by atoms with E-state index in [1.54, 1.807) is 18.2 Å². The summed E-state index contributed by atoms with van der Waals surface area (Å²) in [6.45, 7) is -1.13. The van der Waals surface area contributed by atoms with Crippen LogP contribution in [0.5, 0.6) is 0 Å². The molecule has 248 valence electrons. The van der Waals surface area contributed by atoms with Gasteiger partial charge in [-0.15, -0.1) is 0 Å². The molecule has 0 radical (unpaired) electrons. The third-order valence-corrected chi connectivity index (χ3v) is 11.2. The van der Waals surface area contributed by atoms with E-state index in [0.717, 1.165) is 50.0 Å². The minimum Gasteiger partial charge on any atom is -0.228 e. The Morgan fingerprint density at radius 2 is 0.885 bits per heavy atom. The first kappa shape index (κ1) is 24.9. The van der Waals surface area contributed by atoms with Crippen molar-refractivity contribution in [3.05, 3.63) is 180 Å². The van der Waals surface area contributed by atoms with Crippen molar-refractivity contribution in [1.29, 1.82) is 0 Å². The molecule has 2 aliphatic rings. The molecule has 0 spiro atoms.